The highest BCUT2D eigenvalue weighted by molar-refractivity contribution is 6.32. The van der Waals surface area contributed by atoms with Gasteiger partial charge in [0.2, 0.25) is 0 Å². The molecule has 0 saturated heterocycles. The minimum absolute atomic E-state index is 0.0655. The van der Waals surface area contributed by atoms with Gasteiger partial charge in [-0.2, -0.15) is 13.2 Å². The smallest absolute Gasteiger partial charge is 0.416 e. The Bertz CT molecular complexity index is 903. The molecule has 0 bridgehead atoms. The lowest BCUT2D eigenvalue weighted by atomic mass is 10.1. The molecule has 0 amide bonds. The van der Waals surface area contributed by atoms with Crippen LogP contribution in [0, 0.1) is 10.1 Å². The quantitative estimate of drug-likeness (QED) is 0.276. The van der Waals surface area contributed by atoms with E-state index in [1.807, 2.05) is 0 Å². The number of halogens is 4. The molecule has 0 aliphatic carbocycles. The number of nitro benzene ring substituents is 1. The van der Waals surface area contributed by atoms with E-state index in [4.69, 9.17) is 25.8 Å². The number of nitrogens with zero attached hydrogens (tertiary/aromatic N) is 1. The summed E-state index contributed by atoms with van der Waals surface area (Å²) < 4.78 is 53.1. The third-order valence-corrected chi connectivity index (χ3v) is 3.77. The zero-order valence-electron chi connectivity index (χ0n) is 14.5. The van der Waals surface area contributed by atoms with Gasteiger partial charge in [0.25, 0.3) is 5.69 Å². The fourth-order valence-electron chi connectivity index (χ4n) is 2.05. The summed E-state index contributed by atoms with van der Waals surface area (Å²) in [7, 11) is 1.28. The molecule has 0 heterocycles. The summed E-state index contributed by atoms with van der Waals surface area (Å²) in [6, 6.07) is 5.64. The van der Waals surface area contributed by atoms with Gasteiger partial charge < -0.3 is 14.2 Å². The maximum atomic E-state index is 12.7. The Labute approximate surface area is 161 Å². The second-order valence-electron chi connectivity index (χ2n) is 5.39. The third kappa shape index (κ3) is 5.11. The Balaban J connectivity index is 2.36. The number of methoxy groups -OCH3 is 1. The lowest BCUT2D eigenvalue weighted by Gasteiger charge is -2.13. The van der Waals surface area contributed by atoms with Crippen molar-refractivity contribution in [1.82, 2.24) is 0 Å². The van der Waals surface area contributed by atoms with Crippen molar-refractivity contribution in [3.63, 3.8) is 0 Å². The average Bonchev–Trinajstić information content (AvgIpc) is 2.62. The molecule has 0 aliphatic heterocycles. The molecule has 1 atom stereocenters. The van der Waals surface area contributed by atoms with Crippen molar-refractivity contribution in [2.75, 3.05) is 7.11 Å². The third-order valence-electron chi connectivity index (χ3n) is 3.48. The molecule has 0 N–H and O–H groups in total. The van der Waals surface area contributed by atoms with Gasteiger partial charge in [-0.3, -0.25) is 10.1 Å². The summed E-state index contributed by atoms with van der Waals surface area (Å²) in [5.41, 5.74) is -1.93. The molecule has 7 nitrogen and oxygen atoms in total. The van der Waals surface area contributed by atoms with Gasteiger partial charge in [-0.05, 0) is 31.2 Å². The number of esters is 1. The molecule has 1 unspecified atom stereocenters. The molecule has 0 fully saturated rings. The predicted molar refractivity (Wildman–Crippen MR) is 91.5 cm³/mol. The number of rotatable bonds is 6. The molecule has 0 aliphatic rings. The number of nitro groups is 1. The lowest BCUT2D eigenvalue weighted by Crippen LogP contribution is -2.17. The van der Waals surface area contributed by atoms with Crippen LogP contribution in [0.1, 0.15) is 22.8 Å². The van der Waals surface area contributed by atoms with Crippen molar-refractivity contribution in [3.8, 4) is 11.5 Å². The zero-order valence-corrected chi connectivity index (χ0v) is 15.2. The molecular weight excluding hydrogens is 407 g/mol. The van der Waals surface area contributed by atoms with E-state index in [-0.39, 0.29) is 16.5 Å². The summed E-state index contributed by atoms with van der Waals surface area (Å²) in [4.78, 5) is 22.5. The number of ether oxygens (including phenoxy) is 3. The summed E-state index contributed by atoms with van der Waals surface area (Å²) in [5.74, 6) is -1.23. The van der Waals surface area contributed by atoms with E-state index in [1.54, 1.807) is 0 Å². The second kappa shape index (κ2) is 8.44. The summed E-state index contributed by atoms with van der Waals surface area (Å²) in [5, 5.41) is 10.8. The highest BCUT2D eigenvalue weighted by Gasteiger charge is 2.31. The van der Waals surface area contributed by atoms with E-state index in [9.17, 15) is 28.1 Å². The fraction of sp³-hybridized carbons (Fsp3) is 0.235. The Morgan fingerprint density at radius 2 is 1.89 bits per heavy atom. The van der Waals surface area contributed by atoms with Crippen LogP contribution in [0.2, 0.25) is 5.02 Å². The van der Waals surface area contributed by atoms with E-state index in [2.05, 4.69) is 0 Å². The van der Waals surface area contributed by atoms with Crippen molar-refractivity contribution in [3.05, 3.63) is 62.7 Å². The molecule has 28 heavy (non-hydrogen) atoms. The fourth-order valence-corrected chi connectivity index (χ4v) is 2.27. The molecule has 2 aromatic rings. The first-order valence-corrected chi connectivity index (χ1v) is 7.97. The Kier molecular flexibility index (Phi) is 6.47. The van der Waals surface area contributed by atoms with Crippen LogP contribution in [-0.2, 0) is 15.7 Å². The molecule has 0 spiro atoms. The van der Waals surface area contributed by atoms with Gasteiger partial charge in [-0.1, -0.05) is 11.6 Å². The van der Waals surface area contributed by atoms with Crippen molar-refractivity contribution >= 4 is 23.3 Å². The number of hydrogen-bond acceptors (Lipinski definition) is 6. The number of hydrogen-bond donors (Lipinski definition) is 0. The normalized spacial score (nSPS) is 12.4. The zero-order chi connectivity index (χ0) is 21.1. The van der Waals surface area contributed by atoms with Crippen LogP contribution >= 0.6 is 11.6 Å². The standard InChI is InChI=1S/C17H13ClF3NO6/c1-9(26-2)27-16(23)12-8-11(4-5-14(12)22(24)25)28-15-6-3-10(7-13(15)18)17(19,20)21/h3-9H,1-2H3. The molecule has 0 radical (unpaired) electrons. The van der Waals surface area contributed by atoms with Crippen LogP contribution < -0.4 is 4.74 Å². The lowest BCUT2D eigenvalue weighted by molar-refractivity contribution is -0.385. The van der Waals surface area contributed by atoms with Crippen molar-refractivity contribution in [1.29, 1.82) is 0 Å². The molecule has 2 aromatic carbocycles. The van der Waals surface area contributed by atoms with Crippen molar-refractivity contribution in [2.45, 2.75) is 19.4 Å². The first-order chi connectivity index (χ1) is 13.0. The van der Waals surface area contributed by atoms with Crippen molar-refractivity contribution < 1.29 is 37.1 Å². The highest BCUT2D eigenvalue weighted by atomic mass is 35.5. The van der Waals surface area contributed by atoms with Crippen LogP contribution in [0.4, 0.5) is 18.9 Å². The van der Waals surface area contributed by atoms with Gasteiger partial charge in [0.15, 0.2) is 6.29 Å². The molecule has 0 aromatic heterocycles. The maximum absolute atomic E-state index is 12.7. The summed E-state index contributed by atoms with van der Waals surface area (Å²) in [6.07, 6.45) is -5.54. The number of carbonyl (C=O) groups excluding carboxylic acids is 1. The topological polar surface area (TPSA) is 87.9 Å². The van der Waals surface area contributed by atoms with Gasteiger partial charge >= 0.3 is 12.1 Å². The number of alkyl halides is 3. The average molecular weight is 420 g/mol. The van der Waals surface area contributed by atoms with Crippen LogP contribution in [-0.4, -0.2) is 24.3 Å². The minimum atomic E-state index is -4.58. The monoisotopic (exact) mass is 419 g/mol. The maximum Gasteiger partial charge on any atom is 0.416 e. The number of carbonyl (C=O) groups is 1. The van der Waals surface area contributed by atoms with Gasteiger partial charge in [-0.15, -0.1) is 0 Å². The van der Waals surface area contributed by atoms with E-state index in [0.29, 0.717) is 6.07 Å². The summed E-state index contributed by atoms with van der Waals surface area (Å²) >= 11 is 5.82. The van der Waals surface area contributed by atoms with Gasteiger partial charge in [-0.25, -0.2) is 4.79 Å². The van der Waals surface area contributed by atoms with Crippen LogP contribution in [0.15, 0.2) is 36.4 Å². The molecule has 11 heteroatoms. The first-order valence-electron chi connectivity index (χ1n) is 7.59. The van der Waals surface area contributed by atoms with E-state index >= 15 is 0 Å². The van der Waals surface area contributed by atoms with E-state index < -0.39 is 40.2 Å². The van der Waals surface area contributed by atoms with Crippen LogP contribution in [0.25, 0.3) is 0 Å². The minimum Gasteiger partial charge on any atom is -0.456 e. The highest BCUT2D eigenvalue weighted by Crippen LogP contribution is 2.37. The van der Waals surface area contributed by atoms with Gasteiger partial charge in [0.1, 0.15) is 17.1 Å². The largest absolute Gasteiger partial charge is 0.456 e. The Morgan fingerprint density at radius 1 is 1.21 bits per heavy atom. The van der Waals surface area contributed by atoms with Gasteiger partial charge in [0.05, 0.1) is 15.5 Å². The predicted octanol–water partition coefficient (Wildman–Crippen LogP) is 5.21. The van der Waals surface area contributed by atoms with Crippen LogP contribution in [0.3, 0.4) is 0 Å². The second-order valence-corrected chi connectivity index (χ2v) is 5.80. The summed E-state index contributed by atoms with van der Waals surface area (Å²) in [6.45, 7) is 1.41. The van der Waals surface area contributed by atoms with E-state index in [1.165, 1.54) is 20.1 Å². The first kappa shape index (κ1) is 21.5. The number of benzene rings is 2. The van der Waals surface area contributed by atoms with Gasteiger partial charge in [0, 0.05) is 19.2 Å². The molecular formula is C17H13ClF3NO6. The Morgan fingerprint density at radius 3 is 2.43 bits per heavy atom. The molecule has 0 saturated carbocycles. The molecule has 2 rings (SSSR count). The van der Waals surface area contributed by atoms with Crippen molar-refractivity contribution in [2.24, 2.45) is 0 Å². The molecule has 150 valence electrons. The van der Waals surface area contributed by atoms with E-state index in [0.717, 1.165) is 24.3 Å². The Hall–Kier alpha value is -2.85. The SMILES string of the molecule is COC(C)OC(=O)c1cc(Oc2ccc(C(F)(F)F)cc2Cl)ccc1[N+](=O)[O-]. The van der Waals surface area contributed by atoms with Crippen LogP contribution in [0.5, 0.6) is 11.5 Å².